The van der Waals surface area contributed by atoms with E-state index in [4.69, 9.17) is 28.4 Å². The van der Waals surface area contributed by atoms with E-state index in [9.17, 15) is 28.8 Å². The van der Waals surface area contributed by atoms with Gasteiger partial charge in [0, 0.05) is 41.5 Å². The standard InChI is InChI=1S/C25H30N2O12/c1-12(28)34-11-20(35-13(2)29)21(36-14(3)30)22(37-15(4)31)23(38-16(5)32)24(39-17(6)33)25-26-18-9-7-8-10-19(18)27-25/h7-10,20-24H,11H2,1-6H3,(H,26,27)/t20-,21-,22-,23-,24-/m0/s1. The summed E-state index contributed by atoms with van der Waals surface area (Å²) in [4.78, 5) is 79.6. The Morgan fingerprint density at radius 1 is 0.667 bits per heavy atom. The zero-order chi connectivity index (χ0) is 29.3. The SMILES string of the molecule is CC(=O)OC[C@H](OC(C)=O)[C@H](OC(C)=O)[C@H](OC(C)=O)[C@H](OC(C)=O)[C@H](OC(C)=O)c1nc2ccccc2[nH]1. The van der Waals surface area contributed by atoms with Crippen molar-refractivity contribution in [2.45, 2.75) is 72.1 Å². The highest BCUT2D eigenvalue weighted by Crippen LogP contribution is 2.31. The predicted molar refractivity (Wildman–Crippen MR) is 129 cm³/mol. The van der Waals surface area contributed by atoms with Gasteiger partial charge in [-0.1, -0.05) is 12.1 Å². The summed E-state index contributed by atoms with van der Waals surface area (Å²) in [6, 6.07) is 6.81. The monoisotopic (exact) mass is 550 g/mol. The van der Waals surface area contributed by atoms with Crippen LogP contribution in [0.4, 0.5) is 0 Å². The van der Waals surface area contributed by atoms with Gasteiger partial charge in [0.25, 0.3) is 0 Å². The van der Waals surface area contributed by atoms with Crippen molar-refractivity contribution in [3.63, 3.8) is 0 Å². The van der Waals surface area contributed by atoms with Crippen LogP contribution in [0.3, 0.4) is 0 Å². The third-order valence-corrected chi connectivity index (χ3v) is 4.96. The van der Waals surface area contributed by atoms with Gasteiger partial charge in [-0.05, 0) is 12.1 Å². The first kappa shape index (κ1) is 30.7. The molecule has 0 amide bonds. The fourth-order valence-corrected chi connectivity index (χ4v) is 3.72. The predicted octanol–water partition coefficient (Wildman–Crippen LogP) is 1.46. The second kappa shape index (κ2) is 13.9. The normalized spacial score (nSPS) is 14.6. The zero-order valence-electron chi connectivity index (χ0n) is 22.2. The van der Waals surface area contributed by atoms with Gasteiger partial charge >= 0.3 is 35.8 Å². The summed E-state index contributed by atoms with van der Waals surface area (Å²) in [5.74, 6) is -5.16. The Morgan fingerprint density at radius 3 is 1.69 bits per heavy atom. The fourth-order valence-electron chi connectivity index (χ4n) is 3.72. The molecule has 0 spiro atoms. The molecule has 0 fully saturated rings. The molecule has 39 heavy (non-hydrogen) atoms. The van der Waals surface area contributed by atoms with E-state index >= 15 is 0 Å². The average Bonchev–Trinajstić information content (AvgIpc) is 3.24. The highest BCUT2D eigenvalue weighted by Gasteiger charge is 2.49. The number of hydrogen-bond acceptors (Lipinski definition) is 13. The molecule has 0 aliphatic rings. The lowest BCUT2D eigenvalue weighted by Gasteiger charge is -2.37. The fraction of sp³-hybridized carbons (Fsp3) is 0.480. The number of imidazole rings is 1. The second-order valence-corrected chi connectivity index (χ2v) is 8.34. The van der Waals surface area contributed by atoms with E-state index in [1.165, 1.54) is 0 Å². The van der Waals surface area contributed by atoms with Crippen molar-refractivity contribution < 1.29 is 57.2 Å². The first-order valence-corrected chi connectivity index (χ1v) is 11.7. The Labute approximate surface area is 223 Å². The van der Waals surface area contributed by atoms with E-state index in [2.05, 4.69) is 9.97 Å². The molecule has 0 saturated heterocycles. The van der Waals surface area contributed by atoms with Crippen LogP contribution in [0.25, 0.3) is 11.0 Å². The maximum absolute atomic E-state index is 12.2. The molecule has 14 nitrogen and oxygen atoms in total. The summed E-state index contributed by atoms with van der Waals surface area (Å²) < 4.78 is 32.0. The van der Waals surface area contributed by atoms with Crippen molar-refractivity contribution in [3.05, 3.63) is 30.1 Å². The van der Waals surface area contributed by atoms with E-state index in [0.717, 1.165) is 41.5 Å². The van der Waals surface area contributed by atoms with Crippen molar-refractivity contribution in [3.8, 4) is 0 Å². The number of benzene rings is 1. The highest BCUT2D eigenvalue weighted by atomic mass is 16.6. The van der Waals surface area contributed by atoms with Crippen LogP contribution in [0, 0.1) is 0 Å². The van der Waals surface area contributed by atoms with Crippen LogP contribution < -0.4 is 0 Å². The summed E-state index contributed by atoms with van der Waals surface area (Å²) in [6.07, 6.45) is -8.23. The minimum atomic E-state index is -1.76. The van der Waals surface area contributed by atoms with Crippen LogP contribution in [0.2, 0.25) is 0 Å². The van der Waals surface area contributed by atoms with Gasteiger partial charge in [-0.25, -0.2) is 4.98 Å². The molecule has 212 valence electrons. The molecule has 0 aliphatic heterocycles. The van der Waals surface area contributed by atoms with Crippen molar-refractivity contribution >= 4 is 46.8 Å². The van der Waals surface area contributed by atoms with E-state index in [0.29, 0.717) is 11.0 Å². The molecule has 0 aliphatic carbocycles. The molecular weight excluding hydrogens is 520 g/mol. The molecule has 1 aromatic carbocycles. The van der Waals surface area contributed by atoms with Crippen molar-refractivity contribution in [1.29, 1.82) is 0 Å². The molecule has 0 radical (unpaired) electrons. The van der Waals surface area contributed by atoms with Gasteiger partial charge in [0.15, 0.2) is 36.3 Å². The number of carbonyl (C=O) groups is 6. The van der Waals surface area contributed by atoms with E-state index < -0.39 is 72.9 Å². The molecule has 2 aromatic rings. The van der Waals surface area contributed by atoms with Crippen LogP contribution in [0.15, 0.2) is 24.3 Å². The van der Waals surface area contributed by atoms with Crippen molar-refractivity contribution in [2.24, 2.45) is 0 Å². The number of fused-ring (bicyclic) bond motifs is 1. The zero-order valence-corrected chi connectivity index (χ0v) is 22.2. The summed E-state index contributed by atoms with van der Waals surface area (Å²) in [5.41, 5.74) is 1.01. The summed E-state index contributed by atoms with van der Waals surface area (Å²) in [7, 11) is 0. The maximum Gasteiger partial charge on any atom is 0.303 e. The molecule has 1 N–H and O–H groups in total. The third kappa shape index (κ3) is 9.39. The van der Waals surface area contributed by atoms with E-state index in [1.54, 1.807) is 24.3 Å². The number of carbonyl (C=O) groups excluding carboxylic acids is 6. The van der Waals surface area contributed by atoms with Gasteiger partial charge in [0.05, 0.1) is 11.0 Å². The minimum absolute atomic E-state index is 0.000370. The molecular formula is C25H30N2O12. The number of para-hydroxylation sites is 2. The lowest BCUT2D eigenvalue weighted by molar-refractivity contribution is -0.214. The Morgan fingerprint density at radius 2 is 1.18 bits per heavy atom. The first-order chi connectivity index (χ1) is 18.3. The lowest BCUT2D eigenvalue weighted by atomic mass is 9.97. The van der Waals surface area contributed by atoms with E-state index in [1.807, 2.05) is 0 Å². The summed E-state index contributed by atoms with van der Waals surface area (Å²) in [6.45, 7) is 5.70. The van der Waals surface area contributed by atoms with Crippen molar-refractivity contribution in [2.75, 3.05) is 6.61 Å². The third-order valence-electron chi connectivity index (χ3n) is 4.96. The largest absolute Gasteiger partial charge is 0.462 e. The molecule has 14 heteroatoms. The Balaban J connectivity index is 2.75. The molecule has 0 saturated carbocycles. The number of nitrogens with one attached hydrogen (secondary N) is 1. The van der Waals surface area contributed by atoms with Gasteiger partial charge in [-0.15, -0.1) is 0 Å². The lowest BCUT2D eigenvalue weighted by Crippen LogP contribution is -2.55. The van der Waals surface area contributed by atoms with Gasteiger partial charge in [-0.3, -0.25) is 28.8 Å². The summed E-state index contributed by atoms with van der Waals surface area (Å²) in [5, 5.41) is 0. The molecule has 1 aromatic heterocycles. The molecule has 1 heterocycles. The van der Waals surface area contributed by atoms with Gasteiger partial charge in [0.2, 0.25) is 0 Å². The number of H-pyrrole nitrogens is 1. The number of hydrogen-bond donors (Lipinski definition) is 1. The van der Waals surface area contributed by atoms with Crippen LogP contribution in [0.1, 0.15) is 53.5 Å². The van der Waals surface area contributed by atoms with Crippen LogP contribution in [0.5, 0.6) is 0 Å². The van der Waals surface area contributed by atoms with Crippen molar-refractivity contribution in [1.82, 2.24) is 9.97 Å². The minimum Gasteiger partial charge on any atom is -0.462 e. The number of nitrogens with zero attached hydrogens (tertiary/aromatic N) is 1. The van der Waals surface area contributed by atoms with Crippen LogP contribution >= 0.6 is 0 Å². The van der Waals surface area contributed by atoms with E-state index in [-0.39, 0.29) is 5.82 Å². The van der Waals surface area contributed by atoms with Gasteiger partial charge in [0.1, 0.15) is 6.61 Å². The van der Waals surface area contributed by atoms with Crippen LogP contribution in [-0.2, 0) is 57.2 Å². The van der Waals surface area contributed by atoms with Crippen LogP contribution in [-0.4, -0.2) is 76.8 Å². The first-order valence-electron chi connectivity index (χ1n) is 11.7. The average molecular weight is 551 g/mol. The maximum atomic E-state index is 12.2. The molecule has 5 atom stereocenters. The Bertz CT molecular complexity index is 1190. The van der Waals surface area contributed by atoms with Gasteiger partial charge < -0.3 is 33.4 Å². The number of aromatic nitrogens is 2. The number of esters is 6. The summed E-state index contributed by atoms with van der Waals surface area (Å²) >= 11 is 0. The molecule has 0 unspecified atom stereocenters. The molecule has 0 bridgehead atoms. The topological polar surface area (TPSA) is 186 Å². The smallest absolute Gasteiger partial charge is 0.303 e. The number of ether oxygens (including phenoxy) is 6. The second-order valence-electron chi connectivity index (χ2n) is 8.34. The quantitative estimate of drug-likeness (QED) is 0.296. The number of aromatic amines is 1. The Kier molecular flexibility index (Phi) is 10.9. The molecule has 2 rings (SSSR count). The Hall–Kier alpha value is -4.49. The van der Waals surface area contributed by atoms with Gasteiger partial charge in [-0.2, -0.15) is 0 Å². The number of rotatable bonds is 12. The highest BCUT2D eigenvalue weighted by molar-refractivity contribution is 5.75.